The Hall–Kier alpha value is -0.0800. The van der Waals surface area contributed by atoms with Gasteiger partial charge in [-0.1, -0.05) is 33.1 Å². The summed E-state index contributed by atoms with van der Waals surface area (Å²) in [6, 6.07) is 0. The quantitative estimate of drug-likeness (QED) is 0.816. The van der Waals surface area contributed by atoms with Crippen molar-refractivity contribution in [2.45, 2.75) is 83.3 Å². The van der Waals surface area contributed by atoms with E-state index >= 15 is 0 Å². The highest BCUT2D eigenvalue weighted by Crippen LogP contribution is 2.43. The third kappa shape index (κ3) is 3.45. The number of hydrogen-bond donors (Lipinski definition) is 1. The summed E-state index contributed by atoms with van der Waals surface area (Å²) >= 11 is 0. The van der Waals surface area contributed by atoms with Gasteiger partial charge in [-0.3, -0.25) is 0 Å². The first kappa shape index (κ1) is 13.4. The van der Waals surface area contributed by atoms with Crippen LogP contribution < -0.4 is 5.73 Å². The van der Waals surface area contributed by atoms with Gasteiger partial charge in [0.05, 0.1) is 11.7 Å². The first-order valence-corrected chi connectivity index (χ1v) is 7.43. The zero-order valence-corrected chi connectivity index (χ0v) is 11.6. The number of hydrogen-bond acceptors (Lipinski definition) is 2. The van der Waals surface area contributed by atoms with Crippen molar-refractivity contribution in [3.8, 4) is 0 Å². The fraction of sp³-hybridized carbons (Fsp3) is 1.00. The Morgan fingerprint density at radius 1 is 1.00 bits per heavy atom. The number of rotatable bonds is 3. The Labute approximate surface area is 106 Å². The highest BCUT2D eigenvalue weighted by atomic mass is 16.5. The van der Waals surface area contributed by atoms with Crippen molar-refractivity contribution in [1.82, 2.24) is 0 Å². The van der Waals surface area contributed by atoms with Gasteiger partial charge in [-0.25, -0.2) is 0 Å². The number of ether oxygens (including phenoxy) is 1. The lowest BCUT2D eigenvalue weighted by Gasteiger charge is -2.45. The molecule has 2 fully saturated rings. The molecular weight excluding hydrogens is 210 g/mol. The molecular formula is C15H29NO. The summed E-state index contributed by atoms with van der Waals surface area (Å²) in [4.78, 5) is 0. The van der Waals surface area contributed by atoms with Crippen LogP contribution in [0.4, 0.5) is 0 Å². The van der Waals surface area contributed by atoms with Crippen molar-refractivity contribution in [3.05, 3.63) is 0 Å². The highest BCUT2D eigenvalue weighted by molar-refractivity contribution is 4.92. The van der Waals surface area contributed by atoms with E-state index in [9.17, 15) is 0 Å². The topological polar surface area (TPSA) is 35.2 Å². The summed E-state index contributed by atoms with van der Waals surface area (Å²) in [5.41, 5.74) is 6.53. The van der Waals surface area contributed by atoms with Gasteiger partial charge in [0.25, 0.3) is 0 Å². The van der Waals surface area contributed by atoms with Gasteiger partial charge in [0, 0.05) is 6.54 Å². The van der Waals surface area contributed by atoms with Crippen LogP contribution in [0.1, 0.15) is 71.6 Å². The van der Waals surface area contributed by atoms with E-state index in [1.165, 1.54) is 44.9 Å². The smallest absolute Gasteiger partial charge is 0.0808 e. The predicted molar refractivity (Wildman–Crippen MR) is 72.0 cm³/mol. The SMILES string of the molecule is CC1(C)CCC(CN)(OC2CCCCC2)CC1. The normalized spacial score (nSPS) is 29.1. The monoisotopic (exact) mass is 239 g/mol. The summed E-state index contributed by atoms with van der Waals surface area (Å²) in [6.45, 7) is 5.45. The van der Waals surface area contributed by atoms with Crippen LogP contribution in [0.5, 0.6) is 0 Å². The van der Waals surface area contributed by atoms with E-state index < -0.39 is 0 Å². The first-order chi connectivity index (χ1) is 8.05. The van der Waals surface area contributed by atoms with Crippen molar-refractivity contribution in [2.75, 3.05) is 6.54 Å². The molecule has 0 bridgehead atoms. The highest BCUT2D eigenvalue weighted by Gasteiger charge is 2.39. The molecule has 100 valence electrons. The third-order valence-electron chi connectivity index (χ3n) is 4.86. The minimum atomic E-state index is 0.0114. The van der Waals surface area contributed by atoms with Gasteiger partial charge in [0.2, 0.25) is 0 Å². The molecule has 2 aliphatic rings. The van der Waals surface area contributed by atoms with Crippen molar-refractivity contribution in [3.63, 3.8) is 0 Å². The lowest BCUT2D eigenvalue weighted by Crippen LogP contribution is -2.48. The van der Waals surface area contributed by atoms with E-state index in [1.54, 1.807) is 0 Å². The lowest BCUT2D eigenvalue weighted by molar-refractivity contribution is -0.129. The molecule has 0 spiro atoms. The van der Waals surface area contributed by atoms with E-state index in [1.807, 2.05) is 0 Å². The Balaban J connectivity index is 1.91. The molecule has 2 rings (SSSR count). The molecule has 0 unspecified atom stereocenters. The average Bonchev–Trinajstić information content (AvgIpc) is 2.34. The van der Waals surface area contributed by atoms with E-state index in [0.717, 1.165) is 12.8 Å². The zero-order valence-electron chi connectivity index (χ0n) is 11.6. The number of nitrogens with two attached hydrogens (primary N) is 1. The van der Waals surface area contributed by atoms with Crippen molar-refractivity contribution in [2.24, 2.45) is 11.1 Å². The Bertz CT molecular complexity index is 233. The van der Waals surface area contributed by atoms with Crippen molar-refractivity contribution < 1.29 is 4.74 Å². The van der Waals surface area contributed by atoms with Crippen LogP contribution in [-0.4, -0.2) is 18.2 Å². The fourth-order valence-corrected chi connectivity index (χ4v) is 3.29. The van der Waals surface area contributed by atoms with Crippen LogP contribution in [0.2, 0.25) is 0 Å². The second kappa shape index (κ2) is 5.27. The zero-order chi connectivity index (χ0) is 12.4. The molecule has 2 N–H and O–H groups in total. The van der Waals surface area contributed by atoms with Gasteiger partial charge >= 0.3 is 0 Å². The standard InChI is InChI=1S/C15H29NO/c1-14(2)8-10-15(12-16,11-9-14)17-13-6-4-3-5-7-13/h13H,3-12,16H2,1-2H3. The molecule has 0 aromatic heterocycles. The molecule has 0 aromatic carbocycles. The predicted octanol–water partition coefficient (Wildman–Crippen LogP) is 3.63. The third-order valence-corrected chi connectivity index (χ3v) is 4.86. The molecule has 2 saturated carbocycles. The summed E-state index contributed by atoms with van der Waals surface area (Å²) in [6.07, 6.45) is 11.9. The summed E-state index contributed by atoms with van der Waals surface area (Å²) < 4.78 is 6.44. The maximum absolute atomic E-state index is 6.44. The summed E-state index contributed by atoms with van der Waals surface area (Å²) in [5.74, 6) is 0. The second-order valence-electron chi connectivity index (χ2n) is 6.93. The minimum absolute atomic E-state index is 0.0114. The van der Waals surface area contributed by atoms with Crippen molar-refractivity contribution >= 4 is 0 Å². The molecule has 17 heavy (non-hydrogen) atoms. The van der Waals surface area contributed by atoms with E-state index in [-0.39, 0.29) is 5.60 Å². The van der Waals surface area contributed by atoms with E-state index in [2.05, 4.69) is 13.8 Å². The van der Waals surface area contributed by atoms with Gasteiger partial charge in [0.1, 0.15) is 0 Å². The first-order valence-electron chi connectivity index (χ1n) is 7.43. The van der Waals surface area contributed by atoms with E-state index in [4.69, 9.17) is 10.5 Å². The minimum Gasteiger partial charge on any atom is -0.370 e. The Morgan fingerprint density at radius 3 is 2.12 bits per heavy atom. The molecule has 2 heteroatoms. The lowest BCUT2D eigenvalue weighted by atomic mass is 9.70. The molecule has 0 heterocycles. The molecule has 2 aliphatic carbocycles. The average molecular weight is 239 g/mol. The summed E-state index contributed by atoms with van der Waals surface area (Å²) in [5, 5.41) is 0. The molecule has 0 atom stereocenters. The molecule has 0 radical (unpaired) electrons. The van der Waals surface area contributed by atoms with Crippen LogP contribution in [0.25, 0.3) is 0 Å². The van der Waals surface area contributed by atoms with E-state index in [0.29, 0.717) is 18.1 Å². The van der Waals surface area contributed by atoms with Crippen LogP contribution in [0, 0.1) is 5.41 Å². The van der Waals surface area contributed by atoms with Crippen LogP contribution in [0.3, 0.4) is 0 Å². The molecule has 0 saturated heterocycles. The van der Waals surface area contributed by atoms with Crippen LogP contribution in [0.15, 0.2) is 0 Å². The van der Waals surface area contributed by atoms with Gasteiger partial charge in [0.15, 0.2) is 0 Å². The maximum atomic E-state index is 6.44. The fourth-order valence-electron chi connectivity index (χ4n) is 3.29. The Kier molecular flexibility index (Phi) is 4.14. The molecule has 0 aliphatic heterocycles. The maximum Gasteiger partial charge on any atom is 0.0808 e. The molecule has 2 nitrogen and oxygen atoms in total. The van der Waals surface area contributed by atoms with Gasteiger partial charge in [-0.05, 0) is 43.9 Å². The van der Waals surface area contributed by atoms with Gasteiger partial charge in [-0.15, -0.1) is 0 Å². The summed E-state index contributed by atoms with van der Waals surface area (Å²) in [7, 11) is 0. The van der Waals surface area contributed by atoms with Crippen LogP contribution >= 0.6 is 0 Å². The largest absolute Gasteiger partial charge is 0.370 e. The second-order valence-corrected chi connectivity index (χ2v) is 6.93. The molecule has 0 aromatic rings. The van der Waals surface area contributed by atoms with Crippen LogP contribution in [-0.2, 0) is 4.74 Å². The molecule has 0 amide bonds. The van der Waals surface area contributed by atoms with Gasteiger partial charge < -0.3 is 10.5 Å². The van der Waals surface area contributed by atoms with Gasteiger partial charge in [-0.2, -0.15) is 0 Å². The van der Waals surface area contributed by atoms with Crippen molar-refractivity contribution in [1.29, 1.82) is 0 Å². The Morgan fingerprint density at radius 2 is 1.59 bits per heavy atom.